The van der Waals surface area contributed by atoms with Crippen molar-refractivity contribution in [2.45, 2.75) is 39.8 Å². The fourth-order valence-electron chi connectivity index (χ4n) is 4.97. The van der Waals surface area contributed by atoms with Gasteiger partial charge in [-0.3, -0.25) is 0 Å². The van der Waals surface area contributed by atoms with Gasteiger partial charge in [-0.15, -0.1) is 0 Å². The van der Waals surface area contributed by atoms with Gasteiger partial charge in [-0.05, 0) is 83.9 Å². The number of anilines is 2. The molecule has 4 aromatic rings. The van der Waals surface area contributed by atoms with Crippen molar-refractivity contribution in [3.63, 3.8) is 0 Å². The Bertz CT molecular complexity index is 1410. The Morgan fingerprint density at radius 2 is 1.07 bits per heavy atom. The minimum atomic E-state index is 0. The van der Waals surface area contributed by atoms with Crippen LogP contribution in [-0.4, -0.2) is 40.4 Å². The first-order chi connectivity index (χ1) is 20.6. The molecule has 12 heteroatoms. The Hall–Kier alpha value is -3.90. The van der Waals surface area contributed by atoms with Crippen LogP contribution >= 0.6 is 22.7 Å². The highest BCUT2D eigenvalue weighted by Gasteiger charge is 2.19. The van der Waals surface area contributed by atoms with Crippen LogP contribution in [0.5, 0.6) is 11.5 Å². The number of nitrogens with zero attached hydrogens (tertiary/aromatic N) is 8. The topological polar surface area (TPSA) is 82.1 Å². The van der Waals surface area contributed by atoms with Crippen LogP contribution in [0.3, 0.4) is 0 Å². The van der Waals surface area contributed by atoms with Gasteiger partial charge >= 0.3 is 10.3 Å². The molecule has 2 aromatic heterocycles. The van der Waals surface area contributed by atoms with Crippen LogP contribution in [0.1, 0.15) is 26.7 Å². The number of hydrogen-bond donors (Lipinski definition) is 0. The first kappa shape index (κ1) is 34.6. The number of ether oxygens (including phenoxy) is 2. The summed E-state index contributed by atoms with van der Waals surface area (Å²) in [6.45, 7) is 9.72. The van der Waals surface area contributed by atoms with Gasteiger partial charge in [-0.25, -0.2) is 9.13 Å². The fourth-order valence-corrected chi connectivity index (χ4v) is 6.45. The molecule has 1 aliphatic rings. The molecule has 0 aliphatic carbocycles. The van der Waals surface area contributed by atoms with E-state index in [0.717, 1.165) is 96.6 Å². The number of aryl methyl sites for hydroxylation is 2. The molecule has 1 aliphatic heterocycles. The van der Waals surface area contributed by atoms with E-state index >= 15 is 0 Å². The summed E-state index contributed by atoms with van der Waals surface area (Å²) in [6, 6.07) is 12.4. The zero-order valence-corrected chi connectivity index (χ0v) is 28.3. The molecular weight excluding hydrogens is 593 g/mol. The molecule has 0 amide bonds. The molecule has 0 saturated carbocycles. The maximum Gasteiger partial charge on any atom is 0.408 e. The van der Waals surface area contributed by atoms with Crippen molar-refractivity contribution in [2.75, 3.05) is 50.2 Å². The first-order valence-corrected chi connectivity index (χ1v) is 16.0. The maximum absolute atomic E-state index is 5.70. The van der Waals surface area contributed by atoms with E-state index in [2.05, 4.69) is 77.5 Å². The Morgan fingerprint density at radius 3 is 1.43 bits per heavy atom. The Labute approximate surface area is 269 Å². The molecule has 236 valence electrons. The van der Waals surface area contributed by atoms with Crippen molar-refractivity contribution in [1.82, 2.24) is 0 Å². The fraction of sp³-hybridized carbons (Fsp3) is 0.375. The van der Waals surface area contributed by atoms with Crippen molar-refractivity contribution in [3.8, 4) is 11.5 Å². The maximum atomic E-state index is 5.70. The van der Waals surface area contributed by atoms with Crippen molar-refractivity contribution in [1.29, 1.82) is 0 Å². The second kappa shape index (κ2) is 16.8. The van der Waals surface area contributed by atoms with Gasteiger partial charge in [0.15, 0.2) is 22.9 Å². The van der Waals surface area contributed by atoms with E-state index in [4.69, 9.17) is 9.47 Å². The van der Waals surface area contributed by atoms with E-state index in [1.165, 1.54) is 0 Å². The Morgan fingerprint density at radius 1 is 0.659 bits per heavy atom. The summed E-state index contributed by atoms with van der Waals surface area (Å²) in [5.41, 5.74) is 3.75. The van der Waals surface area contributed by atoms with Crippen molar-refractivity contribution >= 4 is 55.7 Å². The number of aromatic nitrogens is 2. The average molecular weight is 637 g/mol. The van der Waals surface area contributed by atoms with E-state index in [9.17, 15) is 0 Å². The molecule has 10 nitrogen and oxygen atoms in total. The predicted molar refractivity (Wildman–Crippen MR) is 181 cm³/mol. The van der Waals surface area contributed by atoms with E-state index in [1.807, 2.05) is 35.3 Å². The minimum absolute atomic E-state index is 0. The molecule has 0 atom stereocenters. The number of azo groups is 2. The quantitative estimate of drug-likeness (QED) is 0.0997. The molecule has 0 spiro atoms. The second-order valence-electron chi connectivity index (χ2n) is 9.74. The summed E-state index contributed by atoms with van der Waals surface area (Å²) in [6.07, 6.45) is 6.10. The summed E-state index contributed by atoms with van der Waals surface area (Å²) < 4.78 is 15.5. The molecule has 2 aromatic carbocycles. The number of benzene rings is 2. The van der Waals surface area contributed by atoms with Crippen LogP contribution in [-0.2, 0) is 13.1 Å². The third-order valence-electron chi connectivity index (χ3n) is 7.26. The number of methoxy groups -OCH3 is 2. The smallest absolute Gasteiger partial charge is 0.408 e. The molecule has 3 heterocycles. The summed E-state index contributed by atoms with van der Waals surface area (Å²) in [4.78, 5) is 4.87. The SMILES string of the molecule is CC[n+]1ccsc1N=Nc1ccc(N2CCCN(c3ccc(N=Nc4scc[n+]4CC)c(OC)c3)CCC2)cc1OC.[CH3-].[CH3-]. The molecule has 1 saturated heterocycles. The summed E-state index contributed by atoms with van der Waals surface area (Å²) in [5, 5.41) is 23.7. The van der Waals surface area contributed by atoms with Crippen molar-refractivity contribution < 1.29 is 18.6 Å². The van der Waals surface area contributed by atoms with Crippen molar-refractivity contribution in [3.05, 3.63) is 74.4 Å². The lowest BCUT2D eigenvalue weighted by atomic mass is 10.1. The van der Waals surface area contributed by atoms with Gasteiger partial charge in [0.05, 0.1) is 37.5 Å². The monoisotopic (exact) mass is 636 g/mol. The van der Waals surface area contributed by atoms with E-state index in [0.29, 0.717) is 0 Å². The number of thiazole rings is 2. The molecule has 0 unspecified atom stereocenters. The molecule has 0 bridgehead atoms. The average Bonchev–Trinajstić information content (AvgIpc) is 3.68. The van der Waals surface area contributed by atoms with Crippen LogP contribution in [0, 0.1) is 14.9 Å². The largest absolute Gasteiger partial charge is 0.494 e. The standard InChI is InChI=1S/C30H38N8O2S2.2CH3/c1-5-35-17-19-41-29(35)33-31-25-11-9-23(21-27(25)39-3)37-13-7-15-38(16-8-14-37)24-10-12-26(28(22-24)40-4)32-34-30-36(6-2)18-20-42-30;;/h9-12,17-22H,5-8,13-16H2,1-4H3;2*1H3/q+2;2*-1. The van der Waals surface area contributed by atoms with E-state index in [-0.39, 0.29) is 14.9 Å². The lowest BCUT2D eigenvalue weighted by Gasteiger charge is -2.33. The first-order valence-electron chi connectivity index (χ1n) is 14.3. The lowest BCUT2D eigenvalue weighted by Crippen LogP contribution is -2.36. The van der Waals surface area contributed by atoms with Crippen LogP contribution < -0.4 is 28.4 Å². The van der Waals surface area contributed by atoms with Gasteiger partial charge < -0.3 is 34.1 Å². The highest BCUT2D eigenvalue weighted by Crippen LogP contribution is 2.35. The zero-order valence-electron chi connectivity index (χ0n) is 26.6. The van der Waals surface area contributed by atoms with E-state index < -0.39 is 0 Å². The number of rotatable bonds is 10. The van der Waals surface area contributed by atoms with Gasteiger partial charge in [-0.1, -0.05) is 0 Å². The third-order valence-corrected chi connectivity index (χ3v) is 8.83. The highest BCUT2D eigenvalue weighted by molar-refractivity contribution is 7.13. The van der Waals surface area contributed by atoms with Crippen molar-refractivity contribution in [2.24, 2.45) is 20.5 Å². The molecule has 0 radical (unpaired) electrons. The van der Waals surface area contributed by atoms with Crippen LogP contribution in [0.2, 0.25) is 0 Å². The van der Waals surface area contributed by atoms with Crippen LogP contribution in [0.4, 0.5) is 33.0 Å². The zero-order chi connectivity index (χ0) is 29.3. The van der Waals surface area contributed by atoms with Gasteiger partial charge in [-0.2, -0.15) is 0 Å². The summed E-state index contributed by atoms with van der Waals surface area (Å²) in [7, 11) is 3.37. The van der Waals surface area contributed by atoms with Crippen LogP contribution in [0.25, 0.3) is 0 Å². The van der Waals surface area contributed by atoms with Crippen LogP contribution in [0.15, 0.2) is 80.0 Å². The molecule has 0 N–H and O–H groups in total. The molecule has 44 heavy (non-hydrogen) atoms. The van der Waals surface area contributed by atoms with Gasteiger partial charge in [0, 0.05) is 60.4 Å². The minimum Gasteiger partial charge on any atom is -0.494 e. The Balaban J connectivity index is 0.00000264. The van der Waals surface area contributed by atoms with Gasteiger partial charge in [0.25, 0.3) is 0 Å². The molecule has 1 fully saturated rings. The molecular formula is C32H44N8O2S2. The van der Waals surface area contributed by atoms with Gasteiger partial charge in [0.1, 0.15) is 12.4 Å². The normalized spacial score (nSPS) is 13.8. The molecule has 5 rings (SSSR count). The second-order valence-corrected chi connectivity index (χ2v) is 11.5. The van der Waals surface area contributed by atoms with E-state index in [1.54, 1.807) is 36.9 Å². The lowest BCUT2D eigenvalue weighted by molar-refractivity contribution is -0.677. The Kier molecular flexibility index (Phi) is 13.2. The number of hydrogen-bond acceptors (Lipinski definition) is 10. The predicted octanol–water partition coefficient (Wildman–Crippen LogP) is 8.28. The third kappa shape index (κ3) is 8.17. The van der Waals surface area contributed by atoms with Gasteiger partial charge in [0.2, 0.25) is 0 Å². The summed E-state index contributed by atoms with van der Waals surface area (Å²) in [5.74, 6) is 1.46. The summed E-state index contributed by atoms with van der Waals surface area (Å²) >= 11 is 3.15. The highest BCUT2D eigenvalue weighted by atomic mass is 32.1.